The van der Waals surface area contributed by atoms with Crippen LogP contribution in [-0.2, 0) is 10.4 Å². The summed E-state index contributed by atoms with van der Waals surface area (Å²) < 4.78 is 0. The van der Waals surface area contributed by atoms with Crippen LogP contribution in [0.1, 0.15) is 38.2 Å². The second-order valence-corrected chi connectivity index (χ2v) is 6.15. The van der Waals surface area contributed by atoms with Gasteiger partial charge in [0.15, 0.2) is 0 Å². The van der Waals surface area contributed by atoms with Crippen LogP contribution in [-0.4, -0.2) is 17.6 Å². The second kappa shape index (κ2) is 5.32. The first kappa shape index (κ1) is 14.0. The summed E-state index contributed by atoms with van der Waals surface area (Å²) in [6, 6.07) is 4.00. The van der Waals surface area contributed by atoms with E-state index in [4.69, 9.17) is 0 Å². The molecule has 5 heteroatoms. The van der Waals surface area contributed by atoms with Crippen LogP contribution in [0.15, 0.2) is 16.8 Å². The lowest BCUT2D eigenvalue weighted by Gasteiger charge is -2.26. The Morgan fingerprint density at radius 3 is 2.84 bits per heavy atom. The lowest BCUT2D eigenvalue weighted by Crippen LogP contribution is -2.44. The van der Waals surface area contributed by atoms with Crippen LogP contribution in [0, 0.1) is 16.7 Å². The summed E-state index contributed by atoms with van der Waals surface area (Å²) in [6.45, 7) is 1.80. The summed E-state index contributed by atoms with van der Waals surface area (Å²) in [7, 11) is 0. The van der Waals surface area contributed by atoms with Crippen molar-refractivity contribution in [3.05, 3.63) is 22.4 Å². The number of hydrogen-bond donors (Lipinski definition) is 2. The zero-order valence-corrected chi connectivity index (χ0v) is 11.8. The summed E-state index contributed by atoms with van der Waals surface area (Å²) >= 11 is 1.50. The molecule has 102 valence electrons. The molecule has 1 unspecified atom stereocenters. The second-order valence-electron chi connectivity index (χ2n) is 5.37. The predicted molar refractivity (Wildman–Crippen MR) is 73.4 cm³/mol. The van der Waals surface area contributed by atoms with E-state index in [9.17, 15) is 15.2 Å². The van der Waals surface area contributed by atoms with Gasteiger partial charge in [-0.25, -0.2) is 0 Å². The van der Waals surface area contributed by atoms with Crippen molar-refractivity contribution in [2.75, 3.05) is 6.54 Å². The molecule has 1 fully saturated rings. The maximum atomic E-state index is 12.2. The number of nitriles is 1. The van der Waals surface area contributed by atoms with E-state index in [2.05, 4.69) is 11.4 Å². The van der Waals surface area contributed by atoms with Gasteiger partial charge in [0.1, 0.15) is 11.0 Å². The predicted octanol–water partition coefficient (Wildman–Crippen LogP) is 2.16. The molecule has 1 saturated carbocycles. The molecule has 19 heavy (non-hydrogen) atoms. The summed E-state index contributed by atoms with van der Waals surface area (Å²) in [5.74, 6) is -0.247. The number of thiophene rings is 1. The third kappa shape index (κ3) is 2.80. The molecule has 1 heterocycles. The van der Waals surface area contributed by atoms with Gasteiger partial charge in [0.2, 0.25) is 5.91 Å². The van der Waals surface area contributed by atoms with Gasteiger partial charge < -0.3 is 10.4 Å². The number of nitrogens with one attached hydrogen (secondary N) is 1. The largest absolute Gasteiger partial charge is 0.384 e. The van der Waals surface area contributed by atoms with Gasteiger partial charge in [-0.3, -0.25) is 4.79 Å². The molecule has 2 rings (SSSR count). The number of amides is 1. The molecule has 2 N–H and O–H groups in total. The van der Waals surface area contributed by atoms with Gasteiger partial charge >= 0.3 is 0 Å². The van der Waals surface area contributed by atoms with Crippen LogP contribution < -0.4 is 5.32 Å². The van der Waals surface area contributed by atoms with Crippen LogP contribution in [0.3, 0.4) is 0 Å². The Kier molecular flexibility index (Phi) is 3.93. The highest BCUT2D eigenvalue weighted by Gasteiger charge is 2.42. The minimum Gasteiger partial charge on any atom is -0.384 e. The van der Waals surface area contributed by atoms with Crippen molar-refractivity contribution < 1.29 is 9.90 Å². The Hall–Kier alpha value is -1.38. The molecular formula is C14H18N2O2S. The Morgan fingerprint density at radius 1 is 1.63 bits per heavy atom. The molecule has 0 aromatic carbocycles. The smallest absolute Gasteiger partial charge is 0.240 e. The van der Waals surface area contributed by atoms with Crippen molar-refractivity contribution in [1.29, 1.82) is 5.26 Å². The first-order valence-electron chi connectivity index (χ1n) is 6.45. The molecular weight excluding hydrogens is 260 g/mol. The molecule has 0 aliphatic heterocycles. The maximum absolute atomic E-state index is 12.2. The summed E-state index contributed by atoms with van der Waals surface area (Å²) in [5.41, 5.74) is -1.19. The normalized spacial score (nSPS) is 20.5. The Bertz CT molecular complexity index is 482. The third-order valence-corrected chi connectivity index (χ3v) is 4.53. The van der Waals surface area contributed by atoms with Crippen LogP contribution in [0.2, 0.25) is 0 Å². The van der Waals surface area contributed by atoms with E-state index < -0.39 is 11.0 Å². The molecule has 0 bridgehead atoms. The fourth-order valence-corrected chi connectivity index (χ4v) is 3.25. The highest BCUT2D eigenvalue weighted by atomic mass is 32.1. The average molecular weight is 278 g/mol. The first-order valence-corrected chi connectivity index (χ1v) is 7.39. The number of aliphatic hydroxyl groups is 1. The lowest BCUT2D eigenvalue weighted by atomic mass is 9.86. The van der Waals surface area contributed by atoms with Crippen molar-refractivity contribution in [3.63, 3.8) is 0 Å². The van der Waals surface area contributed by atoms with Gasteiger partial charge in [0, 0.05) is 0 Å². The van der Waals surface area contributed by atoms with Crippen molar-refractivity contribution in [3.8, 4) is 6.07 Å². The van der Waals surface area contributed by atoms with Gasteiger partial charge in [0.05, 0.1) is 12.6 Å². The highest BCUT2D eigenvalue weighted by Crippen LogP contribution is 2.37. The van der Waals surface area contributed by atoms with E-state index in [0.717, 1.165) is 18.4 Å². The molecule has 1 aliphatic carbocycles. The zero-order chi connectivity index (χ0) is 13.9. The Balaban J connectivity index is 1.99. The molecule has 0 radical (unpaired) electrons. The van der Waals surface area contributed by atoms with E-state index >= 15 is 0 Å². The van der Waals surface area contributed by atoms with E-state index in [1.54, 1.807) is 6.92 Å². The SMILES string of the molecule is CC(O)(CNC(=O)C1(C#N)CCCC1)c1ccsc1. The van der Waals surface area contributed by atoms with Gasteiger partial charge in [-0.2, -0.15) is 16.6 Å². The van der Waals surface area contributed by atoms with Crippen molar-refractivity contribution in [2.24, 2.45) is 5.41 Å². The first-order chi connectivity index (χ1) is 9.00. The summed E-state index contributed by atoms with van der Waals surface area (Å²) in [6.07, 6.45) is 3.08. The van der Waals surface area contributed by atoms with Crippen LogP contribution in [0.25, 0.3) is 0 Å². The minimum absolute atomic E-state index is 0.131. The molecule has 0 saturated heterocycles. The fraction of sp³-hybridized carbons (Fsp3) is 0.571. The van der Waals surface area contributed by atoms with Crippen molar-refractivity contribution >= 4 is 17.2 Å². The van der Waals surface area contributed by atoms with Gasteiger partial charge in [-0.15, -0.1) is 0 Å². The highest BCUT2D eigenvalue weighted by molar-refractivity contribution is 7.08. The van der Waals surface area contributed by atoms with Gasteiger partial charge in [0.25, 0.3) is 0 Å². The number of carbonyl (C=O) groups excluding carboxylic acids is 1. The van der Waals surface area contributed by atoms with E-state index in [1.165, 1.54) is 11.3 Å². The fourth-order valence-electron chi connectivity index (χ4n) is 2.46. The van der Waals surface area contributed by atoms with E-state index in [-0.39, 0.29) is 12.5 Å². The van der Waals surface area contributed by atoms with Crippen LogP contribution >= 0.6 is 11.3 Å². The van der Waals surface area contributed by atoms with Crippen molar-refractivity contribution in [2.45, 2.75) is 38.2 Å². The molecule has 1 aromatic heterocycles. The Morgan fingerprint density at radius 2 is 2.32 bits per heavy atom. The summed E-state index contributed by atoms with van der Waals surface area (Å²) in [5, 5.41) is 26.1. The zero-order valence-electron chi connectivity index (χ0n) is 11.0. The van der Waals surface area contributed by atoms with Crippen LogP contribution in [0.4, 0.5) is 0 Å². The quantitative estimate of drug-likeness (QED) is 0.886. The lowest BCUT2D eigenvalue weighted by molar-refractivity contribution is -0.129. The molecule has 1 amide bonds. The van der Waals surface area contributed by atoms with Crippen molar-refractivity contribution in [1.82, 2.24) is 5.32 Å². The maximum Gasteiger partial charge on any atom is 0.240 e. The summed E-state index contributed by atoms with van der Waals surface area (Å²) in [4.78, 5) is 12.2. The number of rotatable bonds is 4. The van der Waals surface area contributed by atoms with E-state index in [1.807, 2.05) is 16.8 Å². The van der Waals surface area contributed by atoms with Gasteiger partial charge in [-0.1, -0.05) is 12.8 Å². The average Bonchev–Trinajstić information content (AvgIpc) is 3.07. The number of nitrogens with zero attached hydrogens (tertiary/aromatic N) is 1. The number of hydrogen-bond acceptors (Lipinski definition) is 4. The molecule has 4 nitrogen and oxygen atoms in total. The topological polar surface area (TPSA) is 73.1 Å². The molecule has 1 atom stereocenters. The minimum atomic E-state index is -1.09. The molecule has 0 spiro atoms. The standard InChI is InChI=1S/C14H18N2O2S/c1-13(18,11-4-7-19-8-11)10-16-12(17)14(9-15)5-2-3-6-14/h4,7-8,18H,2-3,5-6,10H2,1H3,(H,16,17). The van der Waals surface area contributed by atoms with Crippen LogP contribution in [0.5, 0.6) is 0 Å². The molecule has 1 aromatic rings. The molecule has 1 aliphatic rings. The Labute approximate surface area is 117 Å². The van der Waals surface area contributed by atoms with Gasteiger partial charge in [-0.05, 0) is 42.2 Å². The monoisotopic (exact) mass is 278 g/mol. The number of carbonyl (C=O) groups is 1. The third-order valence-electron chi connectivity index (χ3n) is 3.84. The van der Waals surface area contributed by atoms with E-state index in [0.29, 0.717) is 12.8 Å².